The van der Waals surface area contributed by atoms with Crippen molar-refractivity contribution >= 4 is 0 Å². The average Bonchev–Trinajstić information content (AvgIpc) is 3.02. The van der Waals surface area contributed by atoms with Gasteiger partial charge in [0.25, 0.3) is 0 Å². The van der Waals surface area contributed by atoms with Gasteiger partial charge in [0, 0.05) is 5.70 Å². The molecule has 0 aromatic heterocycles. The molecule has 0 spiro atoms. The maximum absolute atomic E-state index is 10.4. The van der Waals surface area contributed by atoms with Crippen LogP contribution in [-0.4, -0.2) is 11.2 Å². The number of hydrogen-bond donors (Lipinski definition) is 2. The van der Waals surface area contributed by atoms with E-state index in [-0.39, 0.29) is 6.10 Å². The Balaban J connectivity index is 1.49. The van der Waals surface area contributed by atoms with Gasteiger partial charge in [-0.3, -0.25) is 0 Å². The molecule has 0 saturated heterocycles. The monoisotopic (exact) mass is 401 g/mol. The number of rotatable bonds is 6. The van der Waals surface area contributed by atoms with Gasteiger partial charge in [0.15, 0.2) is 0 Å². The summed E-state index contributed by atoms with van der Waals surface area (Å²) in [5.41, 5.74) is 7.71. The summed E-state index contributed by atoms with van der Waals surface area (Å²) in [6.07, 6.45) is 16.9. The predicted molar refractivity (Wildman–Crippen MR) is 122 cm³/mol. The average molecular weight is 402 g/mol. The van der Waals surface area contributed by atoms with E-state index in [0.717, 1.165) is 60.5 Å². The summed E-state index contributed by atoms with van der Waals surface area (Å²) in [6, 6.07) is 0. The first kappa shape index (κ1) is 21.7. The maximum Gasteiger partial charge on any atom is 0.0543 e. The summed E-state index contributed by atoms with van der Waals surface area (Å²) in [7, 11) is 0. The van der Waals surface area contributed by atoms with Crippen molar-refractivity contribution in [1.29, 1.82) is 0 Å². The SMILES string of the molecule is C=C(N)CCCCC1CCC2C3C[C@H](CC)[C@@H]4C[C@H](O)CCC4(C)[C@H]3CCC12C. The molecule has 29 heavy (non-hydrogen) atoms. The zero-order chi connectivity index (χ0) is 20.8. The van der Waals surface area contributed by atoms with Crippen LogP contribution in [0.3, 0.4) is 0 Å². The van der Waals surface area contributed by atoms with Crippen molar-refractivity contribution in [3.05, 3.63) is 12.3 Å². The van der Waals surface area contributed by atoms with Gasteiger partial charge in [0.1, 0.15) is 0 Å². The lowest BCUT2D eigenvalue weighted by Gasteiger charge is -2.63. The van der Waals surface area contributed by atoms with Crippen molar-refractivity contribution in [2.75, 3.05) is 0 Å². The molecule has 4 aliphatic carbocycles. The Kier molecular flexibility index (Phi) is 6.15. The van der Waals surface area contributed by atoms with Crippen molar-refractivity contribution in [3.63, 3.8) is 0 Å². The van der Waals surface area contributed by atoms with E-state index in [9.17, 15) is 5.11 Å². The molecule has 0 aromatic carbocycles. The molecule has 4 saturated carbocycles. The van der Waals surface area contributed by atoms with E-state index < -0.39 is 0 Å². The summed E-state index contributed by atoms with van der Waals surface area (Å²) in [5, 5.41) is 10.4. The quantitative estimate of drug-likeness (QED) is 0.488. The molecule has 4 fully saturated rings. The van der Waals surface area contributed by atoms with E-state index in [4.69, 9.17) is 5.73 Å². The Bertz CT molecular complexity index is 601. The third kappa shape index (κ3) is 3.70. The number of fused-ring (bicyclic) bond motifs is 5. The van der Waals surface area contributed by atoms with Gasteiger partial charge in [-0.05, 0) is 117 Å². The molecule has 2 nitrogen and oxygen atoms in total. The number of allylic oxidation sites excluding steroid dienone is 1. The molecule has 0 heterocycles. The fourth-order valence-corrected chi connectivity index (χ4v) is 9.26. The third-order valence-corrected chi connectivity index (χ3v) is 10.8. The smallest absolute Gasteiger partial charge is 0.0543 e. The zero-order valence-corrected chi connectivity index (χ0v) is 19.5. The number of aliphatic hydroxyl groups is 1. The second kappa shape index (κ2) is 8.21. The van der Waals surface area contributed by atoms with Crippen LogP contribution in [-0.2, 0) is 0 Å². The van der Waals surface area contributed by atoms with Crippen LogP contribution in [0.15, 0.2) is 12.3 Å². The van der Waals surface area contributed by atoms with Crippen LogP contribution in [0.25, 0.3) is 0 Å². The highest BCUT2D eigenvalue weighted by Crippen LogP contribution is 2.69. The third-order valence-electron chi connectivity index (χ3n) is 10.8. The van der Waals surface area contributed by atoms with Crippen molar-refractivity contribution < 1.29 is 5.11 Å². The minimum Gasteiger partial charge on any atom is -0.403 e. The molecule has 4 rings (SSSR count). The molecule has 0 aromatic rings. The zero-order valence-electron chi connectivity index (χ0n) is 19.5. The van der Waals surface area contributed by atoms with E-state index in [1.165, 1.54) is 64.2 Å². The molecule has 4 aliphatic rings. The van der Waals surface area contributed by atoms with Crippen molar-refractivity contribution in [3.8, 4) is 0 Å². The highest BCUT2D eigenvalue weighted by atomic mass is 16.3. The number of hydrogen-bond acceptors (Lipinski definition) is 2. The first-order valence-electron chi connectivity index (χ1n) is 12.9. The van der Waals surface area contributed by atoms with Crippen LogP contribution < -0.4 is 5.73 Å². The molecule has 0 radical (unpaired) electrons. The highest BCUT2D eigenvalue weighted by Gasteiger charge is 2.61. The summed E-state index contributed by atoms with van der Waals surface area (Å²) in [6.45, 7) is 11.6. The van der Waals surface area contributed by atoms with E-state index in [0.29, 0.717) is 10.8 Å². The highest BCUT2D eigenvalue weighted by molar-refractivity contribution is 5.10. The summed E-state index contributed by atoms with van der Waals surface area (Å²) in [5.74, 6) is 5.36. The lowest BCUT2D eigenvalue weighted by atomic mass is 9.42. The second-order valence-corrected chi connectivity index (χ2v) is 12.0. The van der Waals surface area contributed by atoms with E-state index in [2.05, 4.69) is 27.4 Å². The van der Waals surface area contributed by atoms with Gasteiger partial charge in [-0.25, -0.2) is 0 Å². The summed E-state index contributed by atoms with van der Waals surface area (Å²) >= 11 is 0. The fraction of sp³-hybridized carbons (Fsp3) is 0.926. The molecule has 0 amide bonds. The Morgan fingerprint density at radius 1 is 0.966 bits per heavy atom. The van der Waals surface area contributed by atoms with Crippen LogP contribution >= 0.6 is 0 Å². The Labute approximate surface area is 180 Å². The number of nitrogens with two attached hydrogens (primary N) is 1. The minimum atomic E-state index is -0.0343. The predicted octanol–water partition coefficient (Wildman–Crippen LogP) is 6.68. The number of aliphatic hydroxyl groups excluding tert-OH is 1. The Hall–Kier alpha value is -0.500. The molecule has 3 N–H and O–H groups in total. The van der Waals surface area contributed by atoms with Crippen LogP contribution in [0, 0.1) is 46.3 Å². The van der Waals surface area contributed by atoms with Gasteiger partial charge >= 0.3 is 0 Å². The van der Waals surface area contributed by atoms with Gasteiger partial charge in [0.05, 0.1) is 6.10 Å². The molecule has 0 aliphatic heterocycles. The van der Waals surface area contributed by atoms with Crippen LogP contribution in [0.2, 0.25) is 0 Å². The van der Waals surface area contributed by atoms with Gasteiger partial charge in [-0.1, -0.05) is 40.2 Å². The van der Waals surface area contributed by atoms with E-state index >= 15 is 0 Å². The molecule has 166 valence electrons. The standard InChI is InChI=1S/C27H47NO/c1-5-19-16-22-23-11-10-20(9-7-6-8-18(2)28)26(23,3)15-13-24(22)27(4)14-12-21(29)17-25(19)27/h19-25,29H,2,5-17,28H2,1,3-4H3/t19-,20?,21+,22?,23?,24-,25-,26?,27?/m0/s1. The fourth-order valence-electron chi connectivity index (χ4n) is 9.26. The van der Waals surface area contributed by atoms with E-state index in [1.807, 2.05) is 0 Å². The first-order valence-corrected chi connectivity index (χ1v) is 12.9. The van der Waals surface area contributed by atoms with Crippen LogP contribution in [0.4, 0.5) is 0 Å². The Morgan fingerprint density at radius 3 is 2.41 bits per heavy atom. The topological polar surface area (TPSA) is 46.2 Å². The first-order chi connectivity index (χ1) is 13.8. The van der Waals surface area contributed by atoms with Crippen LogP contribution in [0.5, 0.6) is 0 Å². The van der Waals surface area contributed by atoms with E-state index in [1.54, 1.807) is 0 Å². The lowest BCUT2D eigenvalue weighted by molar-refractivity contribution is -0.150. The van der Waals surface area contributed by atoms with Crippen LogP contribution in [0.1, 0.15) is 104 Å². The second-order valence-electron chi connectivity index (χ2n) is 12.0. The molecular formula is C27H47NO. The van der Waals surface area contributed by atoms with Gasteiger partial charge in [-0.2, -0.15) is 0 Å². The molecule has 5 unspecified atom stereocenters. The molecule has 0 bridgehead atoms. The number of unbranched alkanes of at least 4 members (excludes halogenated alkanes) is 1. The molecule has 9 atom stereocenters. The summed E-state index contributed by atoms with van der Waals surface area (Å²) in [4.78, 5) is 0. The minimum absolute atomic E-state index is 0.0343. The van der Waals surface area contributed by atoms with Crippen molar-refractivity contribution in [2.45, 2.75) is 110 Å². The molecular weight excluding hydrogens is 354 g/mol. The normalized spacial score (nSPS) is 49.2. The maximum atomic E-state index is 10.4. The van der Waals surface area contributed by atoms with Gasteiger partial charge < -0.3 is 10.8 Å². The van der Waals surface area contributed by atoms with Crippen molar-refractivity contribution in [1.82, 2.24) is 0 Å². The largest absolute Gasteiger partial charge is 0.403 e. The molecule has 2 heteroatoms. The Morgan fingerprint density at radius 2 is 1.69 bits per heavy atom. The van der Waals surface area contributed by atoms with Gasteiger partial charge in [0.2, 0.25) is 0 Å². The van der Waals surface area contributed by atoms with Crippen molar-refractivity contribution in [2.24, 2.45) is 52.1 Å². The lowest BCUT2D eigenvalue weighted by Crippen LogP contribution is -2.56. The summed E-state index contributed by atoms with van der Waals surface area (Å²) < 4.78 is 0. The van der Waals surface area contributed by atoms with Gasteiger partial charge in [-0.15, -0.1) is 0 Å².